The van der Waals surface area contributed by atoms with Crippen molar-refractivity contribution < 1.29 is 9.53 Å². The summed E-state index contributed by atoms with van der Waals surface area (Å²) < 4.78 is 7.77. The van der Waals surface area contributed by atoms with E-state index in [0.29, 0.717) is 22.9 Å². The van der Waals surface area contributed by atoms with Crippen LogP contribution in [0.25, 0.3) is 22.2 Å². The highest BCUT2D eigenvalue weighted by atomic mass is 16.5. The average Bonchev–Trinajstić information content (AvgIpc) is 3.43. The number of nitrogens with zero attached hydrogens (tertiary/aromatic N) is 7. The Bertz CT molecular complexity index is 1560. The van der Waals surface area contributed by atoms with Crippen molar-refractivity contribution in [1.82, 2.24) is 29.5 Å². The van der Waals surface area contributed by atoms with Gasteiger partial charge in [0.2, 0.25) is 5.91 Å². The zero-order valence-electron chi connectivity index (χ0n) is 24.8. The Labute approximate surface area is 246 Å². The number of aryl methyl sites for hydroxylation is 1. The quantitative estimate of drug-likeness (QED) is 0.259. The maximum Gasteiger partial charge on any atom is 0.247 e. The summed E-state index contributed by atoms with van der Waals surface area (Å²) >= 11 is 0. The second-order valence-corrected chi connectivity index (χ2v) is 10.5. The number of carbonyl (C=O) groups excluding carboxylic acids is 1. The number of amides is 1. The van der Waals surface area contributed by atoms with Crippen molar-refractivity contribution in [2.24, 2.45) is 0 Å². The first kappa shape index (κ1) is 29.0. The van der Waals surface area contributed by atoms with E-state index in [2.05, 4.69) is 80.1 Å². The van der Waals surface area contributed by atoms with E-state index in [1.165, 1.54) is 12.4 Å². The van der Waals surface area contributed by atoms with Crippen LogP contribution < -0.4 is 20.3 Å². The first-order valence-electron chi connectivity index (χ1n) is 14.2. The van der Waals surface area contributed by atoms with Gasteiger partial charge in [0, 0.05) is 68.9 Å². The highest BCUT2D eigenvalue weighted by molar-refractivity contribution is 6.02. The molecule has 0 bridgehead atoms. The highest BCUT2D eigenvalue weighted by Crippen LogP contribution is 2.39. The molecule has 0 radical (unpaired) electrons. The summed E-state index contributed by atoms with van der Waals surface area (Å²) in [4.78, 5) is 28.3. The van der Waals surface area contributed by atoms with Gasteiger partial charge in [-0.05, 0) is 45.3 Å². The second-order valence-electron chi connectivity index (χ2n) is 10.5. The summed E-state index contributed by atoms with van der Waals surface area (Å²) in [6, 6.07) is 11.9. The standard InChI is InChI=1S/C31H39N9O2/c1-6-31(41)36-25-17-26(29(42-5)19-28(25)39-14-12-38(13-15-39)11-10-37(3)4)35-30-18-24(32-21-33-30)22-8-9-27-23(16-22)20-34-40(27)7-2/h6,8-9,16-21H,1,7,10-15H2,2-5H3,(H,36,41)(H,32,33,35). The number of likely N-dealkylation sites (N-methyl/N-ethyl adjacent to an activating group) is 1. The van der Waals surface area contributed by atoms with Gasteiger partial charge in [-0.3, -0.25) is 14.4 Å². The molecule has 1 aliphatic heterocycles. The number of hydrogen-bond acceptors (Lipinski definition) is 9. The van der Waals surface area contributed by atoms with E-state index in [-0.39, 0.29) is 5.91 Å². The number of benzene rings is 2. The summed E-state index contributed by atoms with van der Waals surface area (Å²) in [5.41, 5.74) is 5.09. The van der Waals surface area contributed by atoms with Crippen LogP contribution in [0.3, 0.4) is 0 Å². The monoisotopic (exact) mass is 569 g/mol. The Morgan fingerprint density at radius 3 is 2.62 bits per heavy atom. The molecule has 1 amide bonds. The summed E-state index contributed by atoms with van der Waals surface area (Å²) in [6.07, 6.45) is 4.68. The predicted molar refractivity (Wildman–Crippen MR) is 169 cm³/mol. The number of piperazine rings is 1. The van der Waals surface area contributed by atoms with Gasteiger partial charge in [0.1, 0.15) is 17.9 Å². The van der Waals surface area contributed by atoms with Crippen LogP contribution in [-0.4, -0.2) is 95.9 Å². The van der Waals surface area contributed by atoms with Gasteiger partial charge in [0.25, 0.3) is 0 Å². The maximum atomic E-state index is 12.4. The smallest absolute Gasteiger partial charge is 0.247 e. The molecular weight excluding hydrogens is 530 g/mol. The number of fused-ring (bicyclic) bond motifs is 1. The zero-order valence-corrected chi connectivity index (χ0v) is 24.8. The molecule has 2 aromatic heterocycles. The third kappa shape index (κ3) is 6.53. The summed E-state index contributed by atoms with van der Waals surface area (Å²) in [5.74, 6) is 0.971. The van der Waals surface area contributed by atoms with E-state index in [4.69, 9.17) is 4.74 Å². The minimum absolute atomic E-state index is 0.275. The SMILES string of the molecule is C=CC(=O)Nc1cc(Nc2cc(-c3ccc4c(cnn4CC)c3)ncn2)c(OC)cc1N1CCN(CCN(C)C)CC1. The zero-order chi connectivity index (χ0) is 29.6. The van der Waals surface area contributed by atoms with Gasteiger partial charge in [0.05, 0.1) is 41.6 Å². The van der Waals surface area contributed by atoms with E-state index in [1.54, 1.807) is 7.11 Å². The lowest BCUT2D eigenvalue weighted by atomic mass is 10.1. The fourth-order valence-corrected chi connectivity index (χ4v) is 5.15. The third-order valence-corrected chi connectivity index (χ3v) is 7.50. The Hall–Kier alpha value is -4.48. The summed E-state index contributed by atoms with van der Waals surface area (Å²) in [6.45, 7) is 12.2. The van der Waals surface area contributed by atoms with Crippen molar-refractivity contribution in [3.63, 3.8) is 0 Å². The van der Waals surface area contributed by atoms with Crippen molar-refractivity contribution in [2.75, 3.05) is 76.0 Å². The number of aromatic nitrogens is 4. The van der Waals surface area contributed by atoms with Crippen LogP contribution in [0, 0.1) is 0 Å². The first-order chi connectivity index (χ1) is 20.4. The Morgan fingerprint density at radius 2 is 1.90 bits per heavy atom. The number of anilines is 4. The van der Waals surface area contributed by atoms with Crippen molar-refractivity contribution in [3.05, 3.63) is 61.6 Å². The van der Waals surface area contributed by atoms with Crippen LogP contribution in [0.4, 0.5) is 22.9 Å². The molecule has 1 saturated heterocycles. The molecule has 0 saturated carbocycles. The van der Waals surface area contributed by atoms with Crippen molar-refractivity contribution in [1.29, 1.82) is 0 Å². The van der Waals surface area contributed by atoms with Gasteiger partial charge >= 0.3 is 0 Å². The fourth-order valence-electron chi connectivity index (χ4n) is 5.15. The molecule has 1 fully saturated rings. The number of carbonyl (C=O) groups is 1. The maximum absolute atomic E-state index is 12.4. The van der Waals surface area contributed by atoms with Gasteiger partial charge in [-0.15, -0.1) is 0 Å². The lowest BCUT2D eigenvalue weighted by Crippen LogP contribution is -2.48. The van der Waals surface area contributed by atoms with Crippen molar-refractivity contribution in [2.45, 2.75) is 13.5 Å². The molecule has 4 aromatic rings. The average molecular weight is 570 g/mol. The lowest BCUT2D eigenvalue weighted by Gasteiger charge is -2.37. The normalized spacial score (nSPS) is 13.9. The topological polar surface area (TPSA) is 104 Å². The van der Waals surface area contributed by atoms with E-state index in [9.17, 15) is 4.79 Å². The van der Waals surface area contributed by atoms with E-state index >= 15 is 0 Å². The highest BCUT2D eigenvalue weighted by Gasteiger charge is 2.22. The fraction of sp³-hybridized carbons (Fsp3) is 0.355. The van der Waals surface area contributed by atoms with Crippen LogP contribution in [0.1, 0.15) is 6.92 Å². The van der Waals surface area contributed by atoms with Gasteiger partial charge < -0.3 is 25.2 Å². The number of rotatable bonds is 11. The molecule has 0 unspecified atom stereocenters. The molecule has 2 N–H and O–H groups in total. The molecule has 5 rings (SSSR count). The second kappa shape index (κ2) is 13.0. The third-order valence-electron chi connectivity index (χ3n) is 7.50. The van der Waals surface area contributed by atoms with Crippen LogP contribution in [0.2, 0.25) is 0 Å². The van der Waals surface area contributed by atoms with E-state index < -0.39 is 0 Å². The molecule has 0 aliphatic carbocycles. The molecule has 11 heteroatoms. The van der Waals surface area contributed by atoms with Crippen LogP contribution in [0.5, 0.6) is 5.75 Å². The molecule has 2 aromatic carbocycles. The molecular formula is C31H39N9O2. The molecule has 3 heterocycles. The molecule has 11 nitrogen and oxygen atoms in total. The number of ether oxygens (including phenoxy) is 1. The predicted octanol–water partition coefficient (Wildman–Crippen LogP) is 4.07. The van der Waals surface area contributed by atoms with Crippen LogP contribution in [-0.2, 0) is 11.3 Å². The number of nitrogens with one attached hydrogen (secondary N) is 2. The molecule has 220 valence electrons. The summed E-state index contributed by atoms with van der Waals surface area (Å²) in [7, 11) is 5.83. The largest absolute Gasteiger partial charge is 0.494 e. The van der Waals surface area contributed by atoms with Gasteiger partial charge in [-0.1, -0.05) is 12.6 Å². The summed E-state index contributed by atoms with van der Waals surface area (Å²) in [5, 5.41) is 11.9. The van der Waals surface area contributed by atoms with Crippen LogP contribution in [0.15, 0.2) is 61.6 Å². The first-order valence-corrected chi connectivity index (χ1v) is 14.2. The Kier molecular flexibility index (Phi) is 8.99. The van der Waals surface area contributed by atoms with Gasteiger partial charge in [-0.2, -0.15) is 5.10 Å². The molecule has 0 atom stereocenters. The number of methoxy groups -OCH3 is 1. The number of hydrogen-bond donors (Lipinski definition) is 2. The van der Waals surface area contributed by atoms with E-state index in [0.717, 1.165) is 73.7 Å². The van der Waals surface area contributed by atoms with E-state index in [1.807, 2.05) is 35.1 Å². The molecule has 0 spiro atoms. The minimum Gasteiger partial charge on any atom is -0.494 e. The lowest BCUT2D eigenvalue weighted by molar-refractivity contribution is -0.111. The molecule has 1 aliphatic rings. The minimum atomic E-state index is -0.275. The van der Waals surface area contributed by atoms with Gasteiger partial charge in [-0.25, -0.2) is 9.97 Å². The van der Waals surface area contributed by atoms with Crippen molar-refractivity contribution >= 4 is 39.7 Å². The molecule has 42 heavy (non-hydrogen) atoms. The Morgan fingerprint density at radius 1 is 1.10 bits per heavy atom. The van der Waals surface area contributed by atoms with Gasteiger partial charge in [0.15, 0.2) is 0 Å². The van der Waals surface area contributed by atoms with Crippen molar-refractivity contribution in [3.8, 4) is 17.0 Å². The van der Waals surface area contributed by atoms with Crippen LogP contribution >= 0.6 is 0 Å². The Balaban J connectivity index is 1.41.